The van der Waals surface area contributed by atoms with Crippen molar-refractivity contribution in [2.75, 3.05) is 20.2 Å². The van der Waals surface area contributed by atoms with E-state index in [0.717, 1.165) is 42.0 Å². The maximum Gasteiger partial charge on any atom is 0.573 e. The SMILES string of the molecule is COc1ccc(C(c2ccc(Cl)cc2)N2CC[C@@H](NC(=O)c3ccc(OC(F)(F)F)cc3)C2)cc1. The number of likely N-dealkylation sites (tertiary alicyclic amines) is 1. The summed E-state index contributed by atoms with van der Waals surface area (Å²) in [6, 6.07) is 20.3. The second kappa shape index (κ2) is 10.6. The second-order valence-electron chi connectivity index (χ2n) is 8.25. The maximum atomic E-state index is 12.7. The fraction of sp³-hybridized carbons (Fsp3) is 0.269. The first kappa shape index (κ1) is 24.9. The van der Waals surface area contributed by atoms with Crippen LogP contribution in [0.1, 0.15) is 33.9 Å². The van der Waals surface area contributed by atoms with Crippen molar-refractivity contribution in [1.82, 2.24) is 10.2 Å². The van der Waals surface area contributed by atoms with Crippen molar-refractivity contribution >= 4 is 17.5 Å². The van der Waals surface area contributed by atoms with Crippen LogP contribution < -0.4 is 14.8 Å². The fourth-order valence-electron chi connectivity index (χ4n) is 4.26. The number of nitrogens with zero attached hydrogens (tertiary/aromatic N) is 1. The Morgan fingerprint density at radius 2 is 1.54 bits per heavy atom. The van der Waals surface area contributed by atoms with E-state index in [0.29, 0.717) is 11.6 Å². The Hall–Kier alpha value is -3.23. The zero-order chi connectivity index (χ0) is 25.0. The molecule has 2 atom stereocenters. The highest BCUT2D eigenvalue weighted by Crippen LogP contribution is 2.33. The van der Waals surface area contributed by atoms with E-state index in [1.165, 1.54) is 12.1 Å². The van der Waals surface area contributed by atoms with Gasteiger partial charge in [-0.05, 0) is 66.1 Å². The number of hydrogen-bond donors (Lipinski definition) is 1. The highest BCUT2D eigenvalue weighted by molar-refractivity contribution is 6.30. The van der Waals surface area contributed by atoms with Crippen LogP contribution >= 0.6 is 11.6 Å². The lowest BCUT2D eigenvalue weighted by Crippen LogP contribution is -2.38. The second-order valence-corrected chi connectivity index (χ2v) is 8.69. The molecule has 3 aromatic rings. The summed E-state index contributed by atoms with van der Waals surface area (Å²) in [5.41, 5.74) is 2.43. The van der Waals surface area contributed by atoms with Crippen LogP contribution in [-0.4, -0.2) is 43.4 Å². The molecule has 0 spiro atoms. The van der Waals surface area contributed by atoms with Gasteiger partial charge in [0.2, 0.25) is 0 Å². The zero-order valence-electron chi connectivity index (χ0n) is 18.9. The molecule has 1 amide bonds. The Morgan fingerprint density at radius 1 is 0.971 bits per heavy atom. The molecule has 35 heavy (non-hydrogen) atoms. The first-order chi connectivity index (χ1) is 16.7. The van der Waals surface area contributed by atoms with Crippen LogP contribution in [0, 0.1) is 0 Å². The number of nitrogens with one attached hydrogen (secondary N) is 1. The summed E-state index contributed by atoms with van der Waals surface area (Å²) in [7, 11) is 1.62. The zero-order valence-corrected chi connectivity index (χ0v) is 19.6. The number of halogens is 4. The predicted octanol–water partition coefficient (Wildman–Crippen LogP) is 5.84. The number of benzene rings is 3. The average molecular weight is 505 g/mol. The molecular formula is C26H24ClF3N2O3. The van der Waals surface area contributed by atoms with Gasteiger partial charge in [0.25, 0.3) is 5.91 Å². The molecule has 3 aromatic carbocycles. The van der Waals surface area contributed by atoms with Crippen LogP contribution in [0.4, 0.5) is 13.2 Å². The van der Waals surface area contributed by atoms with Gasteiger partial charge in [-0.15, -0.1) is 13.2 Å². The highest BCUT2D eigenvalue weighted by Gasteiger charge is 2.32. The van der Waals surface area contributed by atoms with Gasteiger partial charge in [-0.3, -0.25) is 9.69 Å². The lowest BCUT2D eigenvalue weighted by Gasteiger charge is -2.29. The molecule has 0 aromatic heterocycles. The van der Waals surface area contributed by atoms with Crippen LogP contribution in [-0.2, 0) is 0 Å². The van der Waals surface area contributed by atoms with Gasteiger partial charge in [-0.1, -0.05) is 35.9 Å². The summed E-state index contributed by atoms with van der Waals surface area (Å²) in [6.45, 7) is 1.36. The van der Waals surface area contributed by atoms with Crippen molar-refractivity contribution in [3.63, 3.8) is 0 Å². The van der Waals surface area contributed by atoms with Crippen LogP contribution in [0.2, 0.25) is 5.02 Å². The lowest BCUT2D eigenvalue weighted by atomic mass is 9.97. The largest absolute Gasteiger partial charge is 0.573 e. The molecule has 1 saturated heterocycles. The Balaban J connectivity index is 1.46. The van der Waals surface area contributed by atoms with Crippen molar-refractivity contribution in [2.45, 2.75) is 24.9 Å². The number of rotatable bonds is 7. The Labute approximate surface area is 206 Å². The Kier molecular flexibility index (Phi) is 7.52. The van der Waals surface area contributed by atoms with E-state index in [4.69, 9.17) is 16.3 Å². The molecule has 1 unspecified atom stereocenters. The summed E-state index contributed by atoms with van der Waals surface area (Å²) in [4.78, 5) is 15.0. The summed E-state index contributed by atoms with van der Waals surface area (Å²) in [6.07, 6.45) is -4.04. The van der Waals surface area contributed by atoms with Gasteiger partial charge < -0.3 is 14.8 Å². The van der Waals surface area contributed by atoms with Gasteiger partial charge in [0.15, 0.2) is 0 Å². The third-order valence-corrected chi connectivity index (χ3v) is 6.14. The number of hydrogen-bond acceptors (Lipinski definition) is 4. The van der Waals surface area contributed by atoms with E-state index in [2.05, 4.69) is 15.0 Å². The molecule has 0 radical (unpaired) electrons. The van der Waals surface area contributed by atoms with Gasteiger partial charge in [0.1, 0.15) is 11.5 Å². The summed E-state index contributed by atoms with van der Waals surface area (Å²) < 4.78 is 46.2. The van der Waals surface area contributed by atoms with Crippen molar-refractivity contribution in [3.8, 4) is 11.5 Å². The molecule has 9 heteroatoms. The van der Waals surface area contributed by atoms with Crippen LogP contribution in [0.5, 0.6) is 11.5 Å². The molecule has 0 saturated carbocycles. The first-order valence-electron chi connectivity index (χ1n) is 11.0. The summed E-state index contributed by atoms with van der Waals surface area (Å²) in [5.74, 6) is 0.0520. The molecule has 1 aliphatic heterocycles. The molecular weight excluding hydrogens is 481 g/mol. The lowest BCUT2D eigenvalue weighted by molar-refractivity contribution is -0.274. The van der Waals surface area contributed by atoms with Gasteiger partial charge in [-0.25, -0.2) is 0 Å². The number of amides is 1. The fourth-order valence-corrected chi connectivity index (χ4v) is 4.39. The number of alkyl halides is 3. The predicted molar refractivity (Wildman–Crippen MR) is 127 cm³/mol. The van der Waals surface area contributed by atoms with E-state index in [1.54, 1.807) is 7.11 Å². The molecule has 0 bridgehead atoms. The van der Waals surface area contributed by atoms with Crippen LogP contribution in [0.3, 0.4) is 0 Å². The number of ether oxygens (including phenoxy) is 2. The van der Waals surface area contributed by atoms with E-state index < -0.39 is 6.36 Å². The third kappa shape index (κ3) is 6.46. The van der Waals surface area contributed by atoms with Gasteiger partial charge in [0.05, 0.1) is 13.2 Å². The van der Waals surface area contributed by atoms with Crippen molar-refractivity contribution in [3.05, 3.63) is 94.5 Å². The molecule has 1 fully saturated rings. The number of carbonyl (C=O) groups is 1. The Morgan fingerprint density at radius 3 is 2.11 bits per heavy atom. The molecule has 1 N–H and O–H groups in total. The topological polar surface area (TPSA) is 50.8 Å². The van der Waals surface area contributed by atoms with Crippen LogP contribution in [0.25, 0.3) is 0 Å². The minimum absolute atomic E-state index is 0.0427. The van der Waals surface area contributed by atoms with Gasteiger partial charge in [0, 0.05) is 29.7 Å². The monoisotopic (exact) mass is 504 g/mol. The molecule has 5 nitrogen and oxygen atoms in total. The summed E-state index contributed by atoms with van der Waals surface area (Å²) >= 11 is 6.10. The number of methoxy groups -OCH3 is 1. The minimum atomic E-state index is -4.78. The van der Waals surface area contributed by atoms with Gasteiger partial charge >= 0.3 is 6.36 Å². The molecule has 1 aliphatic rings. The summed E-state index contributed by atoms with van der Waals surface area (Å²) in [5, 5.41) is 3.65. The standard InChI is InChI=1S/C26H24ClF3N2O3/c1-34-22-10-4-18(5-11-22)24(17-2-8-20(27)9-3-17)32-15-14-21(16-32)31-25(33)19-6-12-23(13-7-19)35-26(28,29)30/h2-13,21,24H,14-16H2,1H3,(H,31,33)/t21-,24?/m1/s1. The van der Waals surface area contributed by atoms with Crippen LogP contribution in [0.15, 0.2) is 72.8 Å². The van der Waals surface area contributed by atoms with Crippen molar-refractivity contribution < 1.29 is 27.4 Å². The quantitative estimate of drug-likeness (QED) is 0.439. The van der Waals surface area contributed by atoms with E-state index in [9.17, 15) is 18.0 Å². The third-order valence-electron chi connectivity index (χ3n) is 5.89. The van der Waals surface area contributed by atoms with Gasteiger partial charge in [-0.2, -0.15) is 0 Å². The molecule has 1 heterocycles. The maximum absolute atomic E-state index is 12.7. The average Bonchev–Trinajstić information content (AvgIpc) is 3.28. The Bertz CT molecular complexity index is 1140. The smallest absolute Gasteiger partial charge is 0.497 e. The number of carbonyl (C=O) groups excluding carboxylic acids is 1. The molecule has 0 aliphatic carbocycles. The van der Waals surface area contributed by atoms with E-state index >= 15 is 0 Å². The molecule has 184 valence electrons. The van der Waals surface area contributed by atoms with E-state index in [1.807, 2.05) is 48.5 Å². The highest BCUT2D eigenvalue weighted by atomic mass is 35.5. The normalized spacial score (nSPS) is 17.1. The van der Waals surface area contributed by atoms with E-state index in [-0.39, 0.29) is 29.3 Å². The minimum Gasteiger partial charge on any atom is -0.497 e. The van der Waals surface area contributed by atoms with Crippen molar-refractivity contribution in [1.29, 1.82) is 0 Å². The molecule has 4 rings (SSSR count). The first-order valence-corrected chi connectivity index (χ1v) is 11.4. The van der Waals surface area contributed by atoms with Crippen molar-refractivity contribution in [2.24, 2.45) is 0 Å².